The molecule has 5 aromatic rings. The van der Waals surface area contributed by atoms with Gasteiger partial charge in [0.1, 0.15) is 0 Å². The predicted octanol–water partition coefficient (Wildman–Crippen LogP) is 4.21. The second-order valence-corrected chi connectivity index (χ2v) is 9.40. The minimum atomic E-state index is -1.05. The highest BCUT2D eigenvalue weighted by Crippen LogP contribution is 2.31. The van der Waals surface area contributed by atoms with Crippen LogP contribution in [0.1, 0.15) is 29.3 Å². The van der Waals surface area contributed by atoms with Crippen LogP contribution in [0.4, 0.5) is 4.79 Å². The fourth-order valence-corrected chi connectivity index (χ4v) is 4.54. The number of aromatic carboxylic acids is 1. The Balaban J connectivity index is 1.29. The van der Waals surface area contributed by atoms with Crippen LogP contribution >= 0.6 is 0 Å². The number of carboxylic acid groups (broad SMARTS) is 1. The van der Waals surface area contributed by atoms with Crippen LogP contribution in [0.2, 0.25) is 0 Å². The van der Waals surface area contributed by atoms with E-state index >= 15 is 0 Å². The van der Waals surface area contributed by atoms with E-state index in [1.807, 2.05) is 55.5 Å². The summed E-state index contributed by atoms with van der Waals surface area (Å²) in [6, 6.07) is 20.5. The van der Waals surface area contributed by atoms with Crippen LogP contribution in [-0.2, 0) is 27.6 Å². The summed E-state index contributed by atoms with van der Waals surface area (Å²) >= 11 is 0. The fourth-order valence-electron chi connectivity index (χ4n) is 4.54. The molecule has 0 unspecified atom stereocenters. The molecule has 5 rings (SSSR count). The quantitative estimate of drug-likeness (QED) is 0.0806. The summed E-state index contributed by atoms with van der Waals surface area (Å²) in [5.41, 5.74) is 4.45. The molecule has 0 bridgehead atoms. The summed E-state index contributed by atoms with van der Waals surface area (Å²) in [6.45, 7) is 1.87. The Morgan fingerprint density at radius 2 is 1.76 bits per heavy atom. The zero-order valence-electron chi connectivity index (χ0n) is 23.9. The van der Waals surface area contributed by atoms with Crippen molar-refractivity contribution in [3.05, 3.63) is 88.0 Å². The molecule has 2 heterocycles. The van der Waals surface area contributed by atoms with Crippen molar-refractivity contribution in [2.24, 2.45) is 0 Å². The van der Waals surface area contributed by atoms with Crippen LogP contribution in [-0.4, -0.2) is 71.9 Å². The molecule has 1 N–H and O–H groups in total. The first-order valence-electron chi connectivity index (χ1n) is 13.7. The van der Waals surface area contributed by atoms with Crippen molar-refractivity contribution in [2.75, 3.05) is 19.8 Å². The molecule has 0 saturated heterocycles. The van der Waals surface area contributed by atoms with E-state index in [2.05, 4.69) is 25.2 Å². The monoisotopic (exact) mass is 617 g/mol. The molecule has 0 radical (unpaired) electrons. The van der Waals surface area contributed by atoms with E-state index in [-0.39, 0.29) is 31.9 Å². The second kappa shape index (κ2) is 13.9. The molecule has 45 heavy (non-hydrogen) atoms. The normalized spacial score (nSPS) is 10.9. The van der Waals surface area contributed by atoms with Gasteiger partial charge in [-0.15, -0.1) is 25.1 Å². The molecular weight excluding hydrogens is 590 g/mol. The number of nitrogens with zero attached hydrogens (tertiary/aromatic N) is 7. The maximum absolute atomic E-state index is 11.9. The Bertz CT molecular complexity index is 1820. The molecule has 0 fully saturated rings. The van der Waals surface area contributed by atoms with E-state index in [0.717, 1.165) is 21.5 Å². The molecule has 0 atom stereocenters. The summed E-state index contributed by atoms with van der Waals surface area (Å²) in [5, 5.41) is 31.3. The molecule has 0 amide bonds. The molecule has 16 heteroatoms. The third-order valence-electron chi connectivity index (χ3n) is 6.47. The molecule has 2 aromatic heterocycles. The number of benzene rings is 3. The molecule has 0 aliphatic rings. The van der Waals surface area contributed by atoms with Crippen LogP contribution in [0.15, 0.2) is 66.7 Å². The zero-order chi connectivity index (χ0) is 31.8. The fraction of sp³-hybridized carbons (Fsp3) is 0.241. The number of imidazole rings is 1. The Morgan fingerprint density at radius 1 is 0.978 bits per heavy atom. The van der Waals surface area contributed by atoms with Crippen LogP contribution in [0.5, 0.6) is 6.01 Å². The van der Waals surface area contributed by atoms with Crippen LogP contribution < -0.4 is 4.74 Å². The molecule has 3 aromatic carbocycles. The van der Waals surface area contributed by atoms with Crippen LogP contribution in [0, 0.1) is 10.1 Å². The van der Waals surface area contributed by atoms with Crippen molar-refractivity contribution in [3.63, 3.8) is 0 Å². The number of ether oxygens (including phenoxy) is 3. The SMILES string of the molecule is CCOc1nc2cccc(C(=O)O)c2n1Cc1ccc(-c2ccccc2-c2nnn(COC(=O)OCCCO[N+](=O)[O-])n2)cc1. The minimum absolute atomic E-state index is 0.120. The Labute approximate surface area is 254 Å². The van der Waals surface area contributed by atoms with E-state index in [4.69, 9.17) is 14.2 Å². The maximum Gasteiger partial charge on any atom is 0.510 e. The highest BCUT2D eigenvalue weighted by atomic mass is 16.9. The maximum atomic E-state index is 11.9. The van der Waals surface area contributed by atoms with Gasteiger partial charge in [0, 0.05) is 12.0 Å². The molecule has 0 aliphatic heterocycles. The van der Waals surface area contributed by atoms with Gasteiger partial charge >= 0.3 is 12.1 Å². The molecule has 232 valence electrons. The van der Waals surface area contributed by atoms with Gasteiger partial charge in [-0.05, 0) is 41.0 Å². The molecule has 0 saturated carbocycles. The van der Waals surface area contributed by atoms with Crippen molar-refractivity contribution in [3.8, 4) is 28.5 Å². The van der Waals surface area contributed by atoms with Crippen LogP contribution in [0.3, 0.4) is 0 Å². The third-order valence-corrected chi connectivity index (χ3v) is 6.47. The lowest BCUT2D eigenvalue weighted by atomic mass is 9.98. The van der Waals surface area contributed by atoms with Crippen molar-refractivity contribution >= 4 is 23.2 Å². The first kappa shape index (κ1) is 30.4. The van der Waals surface area contributed by atoms with Gasteiger partial charge in [-0.2, -0.15) is 4.98 Å². The number of carbonyl (C=O) groups excluding carboxylic acids is 1. The van der Waals surface area contributed by atoms with E-state index in [0.29, 0.717) is 41.6 Å². The van der Waals surface area contributed by atoms with Crippen molar-refractivity contribution in [1.29, 1.82) is 0 Å². The largest absolute Gasteiger partial charge is 0.510 e. The number of carboxylic acids is 1. The lowest BCUT2D eigenvalue weighted by molar-refractivity contribution is -0.757. The van der Waals surface area contributed by atoms with Crippen molar-refractivity contribution in [2.45, 2.75) is 26.6 Å². The highest BCUT2D eigenvalue weighted by molar-refractivity contribution is 6.01. The number of rotatable bonds is 14. The summed E-state index contributed by atoms with van der Waals surface area (Å²) in [5.74, 6) is -0.747. The second-order valence-electron chi connectivity index (χ2n) is 9.40. The molecular formula is C29H27N7O9. The summed E-state index contributed by atoms with van der Waals surface area (Å²) in [4.78, 5) is 43.6. The van der Waals surface area contributed by atoms with E-state index in [1.54, 1.807) is 22.8 Å². The van der Waals surface area contributed by atoms with Gasteiger partial charge in [0.25, 0.3) is 11.1 Å². The lowest BCUT2D eigenvalue weighted by Crippen LogP contribution is -2.14. The molecule has 0 aliphatic carbocycles. The minimum Gasteiger partial charge on any atom is -0.478 e. The number of tetrazole rings is 1. The van der Waals surface area contributed by atoms with E-state index in [1.165, 1.54) is 0 Å². The van der Waals surface area contributed by atoms with Crippen molar-refractivity contribution in [1.82, 2.24) is 29.8 Å². The zero-order valence-corrected chi connectivity index (χ0v) is 23.9. The Hall–Kier alpha value is -6.06. The first-order chi connectivity index (χ1) is 21.8. The number of aromatic nitrogens is 6. The molecule has 0 spiro atoms. The number of hydrogen-bond donors (Lipinski definition) is 1. The summed E-state index contributed by atoms with van der Waals surface area (Å²) < 4.78 is 17.3. The number of para-hydroxylation sites is 1. The van der Waals surface area contributed by atoms with Gasteiger partial charge in [-0.25, -0.2) is 9.59 Å². The number of hydrogen-bond acceptors (Lipinski definition) is 12. The lowest BCUT2D eigenvalue weighted by Gasteiger charge is -2.12. The number of carbonyl (C=O) groups is 2. The first-order valence-corrected chi connectivity index (χ1v) is 13.7. The van der Waals surface area contributed by atoms with Gasteiger partial charge < -0.3 is 24.2 Å². The Morgan fingerprint density at radius 3 is 2.49 bits per heavy atom. The third kappa shape index (κ3) is 7.30. The summed E-state index contributed by atoms with van der Waals surface area (Å²) in [7, 11) is 0. The highest BCUT2D eigenvalue weighted by Gasteiger charge is 2.19. The standard InChI is InChI=1S/C29H27N7O9/c1-2-42-28-30-24-10-5-9-23(27(37)38)25(24)34(28)17-19-11-13-20(14-12-19)21-7-3-4-8-22(21)26-31-33-35(32-26)18-44-29(39)43-15-6-16-45-36(40)41/h3-5,7-14H,2,6,15-18H2,1H3,(H,37,38). The smallest absolute Gasteiger partial charge is 0.478 e. The van der Waals surface area contributed by atoms with Gasteiger partial charge in [0.2, 0.25) is 12.6 Å². The summed E-state index contributed by atoms with van der Waals surface area (Å²) in [6.07, 6.45) is -0.869. The van der Waals surface area contributed by atoms with Gasteiger partial charge in [0.15, 0.2) is 0 Å². The van der Waals surface area contributed by atoms with Crippen molar-refractivity contribution < 1.29 is 38.8 Å². The molecule has 16 nitrogen and oxygen atoms in total. The van der Waals surface area contributed by atoms with Gasteiger partial charge in [0.05, 0.1) is 43.0 Å². The average molecular weight is 618 g/mol. The average Bonchev–Trinajstić information content (AvgIpc) is 3.65. The topological polar surface area (TPSA) is 196 Å². The Kier molecular flexibility index (Phi) is 9.42. The number of fused-ring (bicyclic) bond motifs is 1. The predicted molar refractivity (Wildman–Crippen MR) is 156 cm³/mol. The van der Waals surface area contributed by atoms with E-state index < -0.39 is 17.2 Å². The van der Waals surface area contributed by atoms with Gasteiger partial charge in [-0.3, -0.25) is 4.57 Å². The van der Waals surface area contributed by atoms with E-state index in [9.17, 15) is 24.8 Å². The van der Waals surface area contributed by atoms with Crippen LogP contribution in [0.25, 0.3) is 33.5 Å². The van der Waals surface area contributed by atoms with Gasteiger partial charge in [-0.1, -0.05) is 54.6 Å².